The zero-order valence-electron chi connectivity index (χ0n) is 41.0. The Morgan fingerprint density at radius 1 is 0.515 bits per heavy atom. The molecular formula is C59H60N4O3P2. The van der Waals surface area contributed by atoms with Crippen molar-refractivity contribution in [2.24, 2.45) is 5.92 Å². The lowest BCUT2D eigenvalue weighted by atomic mass is 9.72. The molecule has 0 radical (unpaired) electrons. The van der Waals surface area contributed by atoms with Gasteiger partial charge in [0, 0.05) is 62.9 Å². The molecule has 0 atom stereocenters. The first kappa shape index (κ1) is 44.3. The second-order valence-corrected chi connectivity index (χ2v) is 23.9. The van der Waals surface area contributed by atoms with Gasteiger partial charge in [0.15, 0.2) is 23.0 Å². The molecule has 11 rings (SSSR count). The maximum absolute atomic E-state index is 7.73. The zero-order valence-corrected chi connectivity index (χ0v) is 42.8. The minimum Gasteiger partial charge on any atom is -0.449 e. The Bertz CT molecular complexity index is 3440. The number of fused-ring (bicyclic) bond motifs is 6. The van der Waals surface area contributed by atoms with Crippen LogP contribution < -0.4 is 13.8 Å². The van der Waals surface area contributed by atoms with Crippen LogP contribution in [0.15, 0.2) is 146 Å². The Labute approximate surface area is 402 Å². The quantitative estimate of drug-likeness (QED) is 0.128. The fourth-order valence-corrected chi connectivity index (χ4v) is 14.2. The molecule has 5 heterocycles. The third-order valence-corrected chi connectivity index (χ3v) is 17.4. The van der Waals surface area contributed by atoms with Crippen molar-refractivity contribution in [1.29, 1.82) is 0 Å². The number of aromatic nitrogens is 4. The first-order chi connectivity index (χ1) is 32.6. The lowest BCUT2D eigenvalue weighted by Gasteiger charge is -2.38. The highest BCUT2D eigenvalue weighted by Crippen LogP contribution is 2.60. The second kappa shape index (κ2) is 16.5. The van der Waals surface area contributed by atoms with Crippen LogP contribution in [0.3, 0.4) is 0 Å². The number of ether oxygens (including phenoxy) is 1. The highest BCUT2D eigenvalue weighted by Gasteiger charge is 2.41. The Hall–Kier alpha value is -6.26. The highest BCUT2D eigenvalue weighted by molar-refractivity contribution is 7.50. The summed E-state index contributed by atoms with van der Waals surface area (Å²) in [7, 11) is -3.10. The van der Waals surface area contributed by atoms with E-state index in [0.29, 0.717) is 11.7 Å². The average Bonchev–Trinajstić information content (AvgIpc) is 4.04. The van der Waals surface area contributed by atoms with Crippen molar-refractivity contribution in [3.8, 4) is 23.0 Å². The summed E-state index contributed by atoms with van der Waals surface area (Å²) in [5, 5.41) is 4.84. The number of hydrogen-bond donors (Lipinski definition) is 0. The molecule has 0 saturated heterocycles. The molecule has 0 saturated carbocycles. The summed E-state index contributed by atoms with van der Waals surface area (Å²) in [4.78, 5) is 0. The predicted molar refractivity (Wildman–Crippen MR) is 286 cm³/mol. The van der Waals surface area contributed by atoms with Gasteiger partial charge in [-0.25, -0.2) is 0 Å². The van der Waals surface area contributed by atoms with Gasteiger partial charge in [-0.1, -0.05) is 133 Å². The summed E-state index contributed by atoms with van der Waals surface area (Å²) in [6.07, 6.45) is 9.92. The minimum absolute atomic E-state index is 0.182. The van der Waals surface area contributed by atoms with Crippen molar-refractivity contribution < 1.29 is 13.8 Å². The predicted octanol–water partition coefficient (Wildman–Crippen LogP) is 17.1. The van der Waals surface area contributed by atoms with Gasteiger partial charge in [0.2, 0.25) is 0 Å². The van der Waals surface area contributed by atoms with Crippen LogP contribution in [0.5, 0.6) is 23.0 Å². The molecule has 0 spiro atoms. The van der Waals surface area contributed by atoms with E-state index < -0.39 is 22.3 Å². The van der Waals surface area contributed by atoms with E-state index in [1.54, 1.807) is 0 Å². The number of para-hydroxylation sites is 4. The van der Waals surface area contributed by atoms with Gasteiger partial charge < -0.3 is 13.8 Å². The van der Waals surface area contributed by atoms with Crippen LogP contribution in [-0.4, -0.2) is 17.4 Å². The molecule has 0 fully saturated rings. The zero-order chi connectivity index (χ0) is 47.4. The molecule has 6 aromatic carbocycles. The van der Waals surface area contributed by atoms with Crippen molar-refractivity contribution in [2.75, 3.05) is 0 Å². The molecule has 68 heavy (non-hydrogen) atoms. The van der Waals surface area contributed by atoms with Crippen molar-refractivity contribution >= 4 is 60.5 Å². The maximum Gasteiger partial charge on any atom is 0.318 e. The fraction of sp³-hybridized carbons (Fsp3) is 0.254. The van der Waals surface area contributed by atoms with Crippen molar-refractivity contribution in [2.45, 2.75) is 93.4 Å². The SMILES string of the molecule is Cc1cn(P(Oc2cc(CC(C)C)cc3c2Oc2c(OP(n4cc(C)c5ccccc54)n4cc(C)c5ccccc54)cc(C(C)(C)C)cc2C3(C)C)n2cc(C)c3ccccc32)c2ccccc12. The highest BCUT2D eigenvalue weighted by atomic mass is 31.2. The van der Waals surface area contributed by atoms with E-state index >= 15 is 0 Å². The van der Waals surface area contributed by atoms with Crippen molar-refractivity contribution in [3.63, 3.8) is 0 Å². The summed E-state index contributed by atoms with van der Waals surface area (Å²) in [5.74, 6) is 3.32. The molecule has 9 heteroatoms. The Morgan fingerprint density at radius 2 is 0.868 bits per heavy atom. The van der Waals surface area contributed by atoms with E-state index in [2.05, 4.69) is 240 Å². The molecule has 7 nitrogen and oxygen atoms in total. The van der Waals surface area contributed by atoms with Crippen LogP contribution >= 0.6 is 16.9 Å². The van der Waals surface area contributed by atoms with E-state index in [0.717, 1.165) is 56.9 Å². The summed E-state index contributed by atoms with van der Waals surface area (Å²) in [6.45, 7) is 24.9. The molecule has 4 aromatic heterocycles. The Balaban J connectivity index is 1.13. The lowest BCUT2D eigenvalue weighted by molar-refractivity contribution is 0.382. The molecule has 0 bridgehead atoms. The Morgan fingerprint density at radius 3 is 1.24 bits per heavy atom. The van der Waals surface area contributed by atoms with Gasteiger partial charge in [-0.2, -0.15) is 0 Å². The first-order valence-electron chi connectivity index (χ1n) is 23.8. The maximum atomic E-state index is 7.73. The van der Waals surface area contributed by atoms with Crippen molar-refractivity contribution in [3.05, 3.63) is 191 Å². The standard InChI is InChI=1S/C59H60N4O3P2/c1-37(2)28-42-29-48-56(54(30-42)65-67(60-33-38(3)44-20-12-16-24-50(44)60)61-34-39(4)45-21-13-17-25-51(45)61)64-57-49(59(48,10)11)31-43(58(7,8)9)32-55(57)66-68(62-35-40(5)46-22-14-18-26-52(46)62)63-36-41(6)47-23-15-19-27-53(47)63/h12-27,29-37H,28H2,1-11H3. The summed E-state index contributed by atoms with van der Waals surface area (Å²) in [5.41, 5.74) is 13.3. The number of aryl methyl sites for hydroxylation is 4. The summed E-state index contributed by atoms with van der Waals surface area (Å²) < 4.78 is 32.4. The third-order valence-electron chi connectivity index (χ3n) is 13.9. The topological polar surface area (TPSA) is 47.4 Å². The largest absolute Gasteiger partial charge is 0.449 e. The number of benzene rings is 6. The molecule has 0 N–H and O–H groups in total. The summed E-state index contributed by atoms with van der Waals surface area (Å²) >= 11 is 0. The van der Waals surface area contributed by atoms with E-state index in [1.165, 1.54) is 54.9 Å². The van der Waals surface area contributed by atoms with Crippen molar-refractivity contribution in [1.82, 2.24) is 17.4 Å². The molecule has 344 valence electrons. The minimum atomic E-state index is -1.55. The van der Waals surface area contributed by atoms with E-state index in [9.17, 15) is 0 Å². The fourth-order valence-electron chi connectivity index (χ4n) is 10.2. The monoisotopic (exact) mass is 934 g/mol. The first-order valence-corrected chi connectivity index (χ1v) is 26.2. The molecule has 1 aliphatic heterocycles. The molecule has 10 aromatic rings. The number of nitrogens with zero attached hydrogens (tertiary/aromatic N) is 4. The molecule has 1 aliphatic rings. The van der Waals surface area contributed by atoms with Gasteiger partial charge in [-0.3, -0.25) is 17.4 Å². The van der Waals surface area contributed by atoms with Gasteiger partial charge in [0.1, 0.15) is 0 Å². The number of hydrogen-bond acceptors (Lipinski definition) is 3. The van der Waals surface area contributed by atoms with Crippen LogP contribution in [0, 0.1) is 33.6 Å². The van der Waals surface area contributed by atoms with Crippen LogP contribution in [0.25, 0.3) is 43.6 Å². The van der Waals surface area contributed by atoms with Crippen LogP contribution in [0.4, 0.5) is 0 Å². The van der Waals surface area contributed by atoms with E-state index in [1.807, 2.05) is 0 Å². The molecule has 0 unspecified atom stereocenters. The number of rotatable bonds is 10. The average molecular weight is 935 g/mol. The summed E-state index contributed by atoms with van der Waals surface area (Å²) in [6, 6.07) is 43.8. The van der Waals surface area contributed by atoms with Gasteiger partial charge in [0.25, 0.3) is 0 Å². The van der Waals surface area contributed by atoms with Gasteiger partial charge in [-0.05, 0) is 115 Å². The normalized spacial score (nSPS) is 13.6. The molecule has 0 amide bonds. The van der Waals surface area contributed by atoms with Gasteiger partial charge >= 0.3 is 16.9 Å². The Kier molecular flexibility index (Phi) is 10.7. The van der Waals surface area contributed by atoms with E-state index in [-0.39, 0.29) is 5.41 Å². The molecular weight excluding hydrogens is 875 g/mol. The van der Waals surface area contributed by atoms with E-state index in [4.69, 9.17) is 13.8 Å². The molecule has 0 aliphatic carbocycles. The van der Waals surface area contributed by atoms with Gasteiger partial charge in [-0.15, -0.1) is 0 Å². The van der Waals surface area contributed by atoms with Crippen LogP contribution in [0.2, 0.25) is 0 Å². The third kappa shape index (κ3) is 7.33. The van der Waals surface area contributed by atoms with Gasteiger partial charge in [0.05, 0.1) is 22.1 Å². The smallest absolute Gasteiger partial charge is 0.318 e. The van der Waals surface area contributed by atoms with Crippen LogP contribution in [0.1, 0.15) is 93.0 Å². The van der Waals surface area contributed by atoms with Crippen LogP contribution in [-0.2, 0) is 17.3 Å². The lowest BCUT2D eigenvalue weighted by Crippen LogP contribution is -2.27. The second-order valence-electron chi connectivity index (χ2n) is 20.8.